The fourth-order valence-electron chi connectivity index (χ4n) is 5.08. The number of rotatable bonds is 7. The van der Waals surface area contributed by atoms with Crippen LogP contribution >= 0.6 is 0 Å². The second-order valence-electron chi connectivity index (χ2n) is 9.57. The van der Waals surface area contributed by atoms with Crippen LogP contribution in [0.2, 0.25) is 0 Å². The molecule has 0 saturated heterocycles. The molecule has 0 saturated carbocycles. The van der Waals surface area contributed by atoms with Crippen molar-refractivity contribution in [3.8, 4) is 11.1 Å². The summed E-state index contributed by atoms with van der Waals surface area (Å²) in [4.78, 5) is 26.9. The van der Waals surface area contributed by atoms with Crippen LogP contribution in [0.15, 0.2) is 90.3 Å². The van der Waals surface area contributed by atoms with Gasteiger partial charge in [-0.1, -0.05) is 48.5 Å². The SMILES string of the molecule is NC(=O)c1ccccc1-c1ccc(CN2CCCc3cc(C(=O)NCC4=CCCC(F)=C4)ccc32)cc1. The monoisotopic (exact) mass is 495 g/mol. The van der Waals surface area contributed by atoms with Crippen molar-refractivity contribution >= 4 is 17.5 Å². The van der Waals surface area contributed by atoms with Crippen LogP contribution in [0.25, 0.3) is 11.1 Å². The van der Waals surface area contributed by atoms with Crippen molar-refractivity contribution in [1.29, 1.82) is 0 Å². The molecule has 188 valence electrons. The van der Waals surface area contributed by atoms with E-state index in [0.717, 1.165) is 59.4 Å². The van der Waals surface area contributed by atoms with Crippen LogP contribution in [-0.4, -0.2) is 24.9 Å². The molecule has 5 rings (SSSR count). The number of nitrogens with two attached hydrogens (primary N) is 1. The summed E-state index contributed by atoms with van der Waals surface area (Å²) >= 11 is 0. The number of anilines is 1. The molecule has 5 nitrogen and oxygen atoms in total. The van der Waals surface area contributed by atoms with E-state index in [0.29, 0.717) is 30.5 Å². The average Bonchev–Trinajstić information content (AvgIpc) is 2.92. The minimum absolute atomic E-state index is 0.134. The third kappa shape index (κ3) is 5.64. The number of hydrogen-bond donors (Lipinski definition) is 2. The molecule has 0 fully saturated rings. The van der Waals surface area contributed by atoms with Crippen LogP contribution in [0.1, 0.15) is 51.1 Å². The Morgan fingerprint density at radius 3 is 2.59 bits per heavy atom. The second-order valence-corrected chi connectivity index (χ2v) is 9.57. The van der Waals surface area contributed by atoms with E-state index in [2.05, 4.69) is 22.3 Å². The van der Waals surface area contributed by atoms with Gasteiger partial charge in [0, 0.05) is 42.9 Å². The largest absolute Gasteiger partial charge is 0.367 e. The molecule has 6 heteroatoms. The van der Waals surface area contributed by atoms with E-state index in [1.165, 1.54) is 6.08 Å². The first-order valence-corrected chi connectivity index (χ1v) is 12.7. The molecule has 0 aromatic heterocycles. The number of fused-ring (bicyclic) bond motifs is 1. The zero-order valence-corrected chi connectivity index (χ0v) is 20.7. The standard InChI is InChI=1S/C31H30FN3O2/c32-26-7-3-5-22(17-26)19-34-31(37)25-14-15-29-24(18-25)6-4-16-35(29)20-21-10-12-23(13-11-21)27-8-1-2-9-28(27)30(33)36/h1-2,5,8-15,17-18H,3-4,6-7,16,19-20H2,(H2,33,36)(H,34,37). The van der Waals surface area contributed by atoms with Gasteiger partial charge in [0.15, 0.2) is 0 Å². The van der Waals surface area contributed by atoms with Gasteiger partial charge in [0.2, 0.25) is 5.91 Å². The lowest BCUT2D eigenvalue weighted by Crippen LogP contribution is -2.30. The smallest absolute Gasteiger partial charge is 0.251 e. The Morgan fingerprint density at radius 1 is 1.00 bits per heavy atom. The Balaban J connectivity index is 1.27. The first-order valence-electron chi connectivity index (χ1n) is 12.7. The van der Waals surface area contributed by atoms with Crippen LogP contribution in [-0.2, 0) is 13.0 Å². The molecule has 3 aromatic carbocycles. The molecule has 1 aliphatic carbocycles. The number of benzene rings is 3. The number of amides is 2. The van der Waals surface area contributed by atoms with Crippen LogP contribution in [0.5, 0.6) is 0 Å². The molecule has 0 atom stereocenters. The molecule has 37 heavy (non-hydrogen) atoms. The molecule has 2 aliphatic rings. The van der Waals surface area contributed by atoms with E-state index in [1.54, 1.807) is 6.07 Å². The third-order valence-corrected chi connectivity index (χ3v) is 6.97. The predicted octanol–water partition coefficient (Wildman–Crippen LogP) is 5.71. The van der Waals surface area contributed by atoms with Gasteiger partial charge in [0.1, 0.15) is 5.83 Å². The van der Waals surface area contributed by atoms with Crippen molar-refractivity contribution in [2.75, 3.05) is 18.0 Å². The summed E-state index contributed by atoms with van der Waals surface area (Å²) in [5, 5.41) is 2.92. The zero-order valence-electron chi connectivity index (χ0n) is 20.7. The fourth-order valence-corrected chi connectivity index (χ4v) is 5.08. The highest BCUT2D eigenvalue weighted by Crippen LogP contribution is 2.30. The Morgan fingerprint density at radius 2 is 1.81 bits per heavy atom. The van der Waals surface area contributed by atoms with Gasteiger partial charge in [-0.15, -0.1) is 0 Å². The number of carbonyl (C=O) groups excluding carboxylic acids is 2. The maximum Gasteiger partial charge on any atom is 0.251 e. The number of hydrogen-bond acceptors (Lipinski definition) is 3. The van der Waals surface area contributed by atoms with Crippen LogP contribution in [0.4, 0.5) is 10.1 Å². The lowest BCUT2D eigenvalue weighted by Gasteiger charge is -2.32. The number of primary amides is 1. The maximum atomic E-state index is 13.5. The summed E-state index contributed by atoms with van der Waals surface area (Å²) < 4.78 is 13.5. The summed E-state index contributed by atoms with van der Waals surface area (Å²) in [5.41, 5.74) is 12.7. The molecule has 0 bridgehead atoms. The lowest BCUT2D eigenvalue weighted by atomic mass is 9.97. The van der Waals surface area contributed by atoms with E-state index in [1.807, 2.05) is 54.6 Å². The minimum atomic E-state index is -0.436. The van der Waals surface area contributed by atoms with E-state index in [-0.39, 0.29) is 11.7 Å². The van der Waals surface area contributed by atoms with Crippen molar-refractivity contribution in [2.45, 2.75) is 32.2 Å². The van der Waals surface area contributed by atoms with E-state index >= 15 is 0 Å². The predicted molar refractivity (Wildman–Crippen MR) is 145 cm³/mol. The highest BCUT2D eigenvalue weighted by molar-refractivity contribution is 5.99. The summed E-state index contributed by atoms with van der Waals surface area (Å²) in [6.45, 7) is 2.02. The van der Waals surface area contributed by atoms with Crippen molar-refractivity contribution in [3.63, 3.8) is 0 Å². The number of allylic oxidation sites excluding steroid dienone is 2. The summed E-state index contributed by atoms with van der Waals surface area (Å²) in [6.07, 6.45) is 6.53. The lowest BCUT2D eigenvalue weighted by molar-refractivity contribution is 0.0955. The van der Waals surface area contributed by atoms with Gasteiger partial charge in [-0.3, -0.25) is 9.59 Å². The Kier molecular flexibility index (Phi) is 7.17. The minimum Gasteiger partial charge on any atom is -0.367 e. The summed E-state index contributed by atoms with van der Waals surface area (Å²) in [7, 11) is 0. The Bertz CT molecular complexity index is 1390. The highest BCUT2D eigenvalue weighted by atomic mass is 19.1. The van der Waals surface area contributed by atoms with Gasteiger partial charge < -0.3 is 16.0 Å². The molecule has 1 heterocycles. The first kappa shape index (κ1) is 24.5. The molecular formula is C31H30FN3O2. The zero-order chi connectivity index (χ0) is 25.8. The summed E-state index contributed by atoms with van der Waals surface area (Å²) in [6, 6.07) is 21.5. The molecule has 1 aliphatic heterocycles. The molecule has 0 radical (unpaired) electrons. The Hall–Kier alpha value is -4.19. The third-order valence-electron chi connectivity index (χ3n) is 6.97. The summed E-state index contributed by atoms with van der Waals surface area (Å²) in [5.74, 6) is -0.716. The molecule has 0 spiro atoms. The van der Waals surface area contributed by atoms with E-state index in [9.17, 15) is 14.0 Å². The van der Waals surface area contributed by atoms with Gasteiger partial charge in [0.25, 0.3) is 5.91 Å². The number of nitrogens with zero attached hydrogens (tertiary/aromatic N) is 1. The number of carbonyl (C=O) groups is 2. The quantitative estimate of drug-likeness (QED) is 0.441. The Labute approximate surface area is 216 Å². The van der Waals surface area contributed by atoms with Crippen LogP contribution < -0.4 is 16.0 Å². The molecule has 0 unspecified atom stereocenters. The first-order chi connectivity index (χ1) is 18.0. The van der Waals surface area contributed by atoms with Crippen molar-refractivity contribution in [1.82, 2.24) is 5.32 Å². The molecule has 2 amide bonds. The average molecular weight is 496 g/mol. The van der Waals surface area contributed by atoms with Gasteiger partial charge in [-0.2, -0.15) is 0 Å². The van der Waals surface area contributed by atoms with Gasteiger partial charge in [0.05, 0.1) is 0 Å². The highest BCUT2D eigenvalue weighted by Gasteiger charge is 2.19. The fraction of sp³-hybridized carbons (Fsp3) is 0.226. The van der Waals surface area contributed by atoms with Crippen molar-refractivity contribution < 1.29 is 14.0 Å². The second kappa shape index (κ2) is 10.8. The van der Waals surface area contributed by atoms with Crippen molar-refractivity contribution in [2.24, 2.45) is 5.73 Å². The molecule has 3 N–H and O–H groups in total. The van der Waals surface area contributed by atoms with E-state index in [4.69, 9.17) is 5.73 Å². The molecular weight excluding hydrogens is 465 g/mol. The van der Waals surface area contributed by atoms with Crippen LogP contribution in [0.3, 0.4) is 0 Å². The van der Waals surface area contributed by atoms with Gasteiger partial charge >= 0.3 is 0 Å². The molecule has 3 aromatic rings. The number of nitrogens with one attached hydrogen (secondary N) is 1. The van der Waals surface area contributed by atoms with Crippen LogP contribution in [0, 0.1) is 0 Å². The van der Waals surface area contributed by atoms with E-state index < -0.39 is 5.91 Å². The van der Waals surface area contributed by atoms with Gasteiger partial charge in [-0.05, 0) is 77.4 Å². The normalized spacial score (nSPS) is 14.9. The maximum absolute atomic E-state index is 13.5. The van der Waals surface area contributed by atoms with Gasteiger partial charge in [-0.25, -0.2) is 4.39 Å². The van der Waals surface area contributed by atoms with Crippen molar-refractivity contribution in [3.05, 3.63) is 113 Å². The topological polar surface area (TPSA) is 75.4 Å². The number of aryl methyl sites for hydroxylation is 1. The number of halogens is 1.